The van der Waals surface area contributed by atoms with Gasteiger partial charge in [-0.15, -0.1) is 0 Å². The number of rotatable bonds is 1. The number of methoxy groups -OCH3 is 1. The molecule has 1 N–H and O–H groups in total. The van der Waals surface area contributed by atoms with Gasteiger partial charge in [-0.3, -0.25) is 4.79 Å². The lowest BCUT2D eigenvalue weighted by atomic mass is 9.38. The molecule has 4 rings (SSSR count). The summed E-state index contributed by atoms with van der Waals surface area (Å²) in [6.07, 6.45) is 3.06. The molecule has 0 heterocycles. The van der Waals surface area contributed by atoms with Gasteiger partial charge >= 0.3 is 5.97 Å². The van der Waals surface area contributed by atoms with Crippen LogP contribution in [0.25, 0.3) is 0 Å². The predicted molar refractivity (Wildman–Crippen MR) is 51.8 cm³/mol. The summed E-state index contributed by atoms with van der Waals surface area (Å²) in [5.74, 6) is 2.51. The maximum absolute atomic E-state index is 11.7. The first-order valence-corrected chi connectivity index (χ1v) is 5.98. The number of esters is 1. The Hall–Kier alpha value is -0.570. The number of carbonyl (C=O) groups is 1. The Morgan fingerprint density at radius 1 is 1.40 bits per heavy atom. The van der Waals surface area contributed by atoms with Crippen LogP contribution < -0.4 is 0 Å². The molecule has 0 aromatic rings. The lowest BCUT2D eigenvalue weighted by Crippen LogP contribution is -2.68. The number of hydrogen-bond acceptors (Lipinski definition) is 3. The van der Waals surface area contributed by atoms with Crippen LogP contribution in [0.2, 0.25) is 0 Å². The molecule has 1 unspecified atom stereocenters. The van der Waals surface area contributed by atoms with Crippen LogP contribution in [0.5, 0.6) is 0 Å². The van der Waals surface area contributed by atoms with E-state index in [4.69, 9.17) is 4.74 Å². The summed E-state index contributed by atoms with van der Waals surface area (Å²) >= 11 is 0. The number of fused-ring (bicyclic) bond motifs is 2. The zero-order valence-corrected chi connectivity index (χ0v) is 8.85. The van der Waals surface area contributed by atoms with Crippen LogP contribution in [0.3, 0.4) is 0 Å². The average Bonchev–Trinajstić information content (AvgIpc) is 2.83. The van der Waals surface area contributed by atoms with Crippen LogP contribution >= 0.6 is 0 Å². The molecular weight excluding hydrogens is 192 g/mol. The van der Waals surface area contributed by atoms with E-state index in [2.05, 4.69) is 0 Å². The minimum absolute atomic E-state index is 0.0277. The van der Waals surface area contributed by atoms with Gasteiger partial charge in [-0.25, -0.2) is 0 Å². The number of carbonyl (C=O) groups excluding carboxylic acids is 1. The fourth-order valence-corrected chi connectivity index (χ4v) is 5.41. The molecule has 3 heteroatoms. The molecule has 0 aromatic carbocycles. The molecule has 4 aliphatic rings. The third-order valence-electron chi connectivity index (χ3n) is 5.78. The Morgan fingerprint density at radius 3 is 2.93 bits per heavy atom. The highest BCUT2D eigenvalue weighted by atomic mass is 16.5. The topological polar surface area (TPSA) is 46.5 Å². The van der Waals surface area contributed by atoms with Crippen molar-refractivity contribution in [1.82, 2.24) is 0 Å². The Morgan fingerprint density at radius 2 is 2.20 bits per heavy atom. The van der Waals surface area contributed by atoms with E-state index in [1.165, 1.54) is 13.5 Å². The van der Waals surface area contributed by atoms with Crippen molar-refractivity contribution >= 4 is 5.97 Å². The number of hydrogen-bond donors (Lipinski definition) is 1. The highest BCUT2D eigenvalue weighted by molar-refractivity contribution is 5.76. The standard InChI is InChI=1S/C12H16O3/c1-15-11(14)9-6-2-3-8(13)12(6)7-4-5(7)10(9)12/h5-10,13H,2-4H2,1H3/t5-,6-,7+,8+,9-,10-,12?/m0/s1. The highest BCUT2D eigenvalue weighted by Gasteiger charge is 2.86. The van der Waals surface area contributed by atoms with E-state index >= 15 is 0 Å². The molecule has 0 aromatic heterocycles. The van der Waals surface area contributed by atoms with Crippen LogP contribution in [-0.2, 0) is 9.53 Å². The van der Waals surface area contributed by atoms with Gasteiger partial charge in [0, 0.05) is 5.41 Å². The van der Waals surface area contributed by atoms with E-state index < -0.39 is 0 Å². The predicted octanol–water partition coefficient (Wildman–Crippen LogP) is 0.812. The third-order valence-corrected chi connectivity index (χ3v) is 5.78. The highest BCUT2D eigenvalue weighted by Crippen LogP contribution is 2.87. The van der Waals surface area contributed by atoms with E-state index in [1.807, 2.05) is 0 Å². The van der Waals surface area contributed by atoms with Gasteiger partial charge in [0.25, 0.3) is 0 Å². The summed E-state index contributed by atoms with van der Waals surface area (Å²) in [5.41, 5.74) is 0.170. The average molecular weight is 208 g/mol. The first-order chi connectivity index (χ1) is 7.22. The lowest BCUT2D eigenvalue weighted by Gasteiger charge is -2.65. The molecule has 7 atom stereocenters. The van der Waals surface area contributed by atoms with Crippen molar-refractivity contribution in [2.45, 2.75) is 25.4 Å². The van der Waals surface area contributed by atoms with Gasteiger partial charge in [0.15, 0.2) is 0 Å². The van der Waals surface area contributed by atoms with Crippen LogP contribution in [-0.4, -0.2) is 24.3 Å². The molecule has 4 saturated carbocycles. The molecular formula is C12H16O3. The summed E-state index contributed by atoms with van der Waals surface area (Å²) < 4.78 is 4.89. The van der Waals surface area contributed by atoms with E-state index in [9.17, 15) is 9.90 Å². The zero-order chi connectivity index (χ0) is 10.4. The Kier molecular flexibility index (Phi) is 1.28. The summed E-state index contributed by atoms with van der Waals surface area (Å²) in [6, 6.07) is 0. The fourth-order valence-electron chi connectivity index (χ4n) is 5.41. The molecule has 3 nitrogen and oxygen atoms in total. The first kappa shape index (κ1) is 8.57. The first-order valence-electron chi connectivity index (χ1n) is 5.98. The maximum Gasteiger partial charge on any atom is 0.309 e. The fraction of sp³-hybridized carbons (Fsp3) is 0.917. The summed E-state index contributed by atoms with van der Waals surface area (Å²) in [7, 11) is 1.48. The lowest BCUT2D eigenvalue weighted by molar-refractivity contribution is -0.239. The summed E-state index contributed by atoms with van der Waals surface area (Å²) in [5, 5.41) is 10.1. The summed E-state index contributed by atoms with van der Waals surface area (Å²) in [6.45, 7) is 0. The van der Waals surface area contributed by atoms with E-state index in [0.717, 1.165) is 24.7 Å². The number of aliphatic hydroxyl groups is 1. The molecule has 4 aliphatic carbocycles. The van der Waals surface area contributed by atoms with E-state index in [-0.39, 0.29) is 23.4 Å². The van der Waals surface area contributed by atoms with Gasteiger partial charge in [-0.2, -0.15) is 0 Å². The molecule has 0 bridgehead atoms. The van der Waals surface area contributed by atoms with Crippen molar-refractivity contribution < 1.29 is 14.6 Å². The molecule has 1 spiro atoms. The maximum atomic E-state index is 11.7. The normalized spacial score (nSPS) is 63.1. The van der Waals surface area contributed by atoms with Crippen molar-refractivity contribution in [3.8, 4) is 0 Å². The van der Waals surface area contributed by atoms with Gasteiger partial charge in [-0.05, 0) is 42.9 Å². The van der Waals surface area contributed by atoms with Crippen molar-refractivity contribution in [3.05, 3.63) is 0 Å². The third kappa shape index (κ3) is 0.638. The second-order valence-electron chi connectivity index (χ2n) is 5.78. The van der Waals surface area contributed by atoms with E-state index in [1.54, 1.807) is 0 Å². The molecule has 82 valence electrons. The number of aliphatic hydroxyl groups excluding tert-OH is 1. The zero-order valence-electron chi connectivity index (χ0n) is 8.85. The van der Waals surface area contributed by atoms with Crippen LogP contribution in [0.15, 0.2) is 0 Å². The van der Waals surface area contributed by atoms with Gasteiger partial charge in [0.05, 0.1) is 19.1 Å². The van der Waals surface area contributed by atoms with Crippen LogP contribution in [0.1, 0.15) is 19.3 Å². The molecule has 15 heavy (non-hydrogen) atoms. The Balaban J connectivity index is 1.70. The van der Waals surface area contributed by atoms with E-state index in [0.29, 0.717) is 11.8 Å². The molecule has 4 fully saturated rings. The van der Waals surface area contributed by atoms with Crippen molar-refractivity contribution in [2.75, 3.05) is 7.11 Å². The second-order valence-corrected chi connectivity index (χ2v) is 5.78. The quantitative estimate of drug-likeness (QED) is 0.649. The molecule has 0 amide bonds. The van der Waals surface area contributed by atoms with Crippen molar-refractivity contribution in [2.24, 2.45) is 35.0 Å². The van der Waals surface area contributed by atoms with Crippen molar-refractivity contribution in [3.63, 3.8) is 0 Å². The van der Waals surface area contributed by atoms with Gasteiger partial charge in [-0.1, -0.05) is 0 Å². The molecule has 0 radical (unpaired) electrons. The smallest absolute Gasteiger partial charge is 0.309 e. The Bertz CT molecular complexity index is 345. The molecule has 0 saturated heterocycles. The van der Waals surface area contributed by atoms with Crippen LogP contribution in [0.4, 0.5) is 0 Å². The minimum atomic E-state index is -0.128. The summed E-state index contributed by atoms with van der Waals surface area (Å²) in [4.78, 5) is 11.7. The monoisotopic (exact) mass is 208 g/mol. The number of ether oxygens (including phenoxy) is 1. The van der Waals surface area contributed by atoms with Gasteiger partial charge < -0.3 is 9.84 Å². The van der Waals surface area contributed by atoms with Crippen molar-refractivity contribution in [1.29, 1.82) is 0 Å². The molecule has 0 aliphatic heterocycles. The minimum Gasteiger partial charge on any atom is -0.469 e. The van der Waals surface area contributed by atoms with Crippen LogP contribution in [0, 0.1) is 35.0 Å². The largest absolute Gasteiger partial charge is 0.469 e. The van der Waals surface area contributed by atoms with Gasteiger partial charge in [0.2, 0.25) is 0 Å². The SMILES string of the molecule is COC(=O)[C@@H]1[C@@H]2[C@H]3C[C@H]3C23[C@H](O)CC[C@@H]13. The Labute approximate surface area is 88.8 Å². The van der Waals surface area contributed by atoms with Gasteiger partial charge in [0.1, 0.15) is 0 Å². The second kappa shape index (κ2) is 2.24.